The molecule has 1 unspecified atom stereocenters. The van der Waals surface area contributed by atoms with Crippen LogP contribution in [-0.4, -0.2) is 37.4 Å². The van der Waals surface area contributed by atoms with E-state index in [0.29, 0.717) is 11.2 Å². The minimum Gasteiger partial charge on any atom is -0.352 e. The average molecular weight is 345 g/mol. The summed E-state index contributed by atoms with van der Waals surface area (Å²) in [5, 5.41) is 15.5. The lowest BCUT2D eigenvalue weighted by atomic mass is 10.1. The number of aryl methyl sites for hydroxylation is 2. The van der Waals surface area contributed by atoms with Crippen molar-refractivity contribution in [1.82, 2.24) is 25.5 Å². The van der Waals surface area contributed by atoms with Crippen molar-refractivity contribution < 1.29 is 4.79 Å². The summed E-state index contributed by atoms with van der Waals surface area (Å²) in [6, 6.07) is 6.50. The highest BCUT2D eigenvalue weighted by Gasteiger charge is 2.23. The molecule has 2 aromatic rings. The summed E-state index contributed by atoms with van der Waals surface area (Å²) in [5.74, 6) is 0.0578. The summed E-state index contributed by atoms with van der Waals surface area (Å²) in [7, 11) is 0. The Labute approximate surface area is 146 Å². The van der Waals surface area contributed by atoms with Gasteiger partial charge in [0, 0.05) is 6.04 Å². The quantitative estimate of drug-likeness (QED) is 0.844. The SMILES string of the molecule is Cc1ccc(C)c(-n2nnnc2SC(C)C(=O)NC2CCCC2)c1. The molecule has 24 heavy (non-hydrogen) atoms. The van der Waals surface area contributed by atoms with E-state index >= 15 is 0 Å². The van der Waals surface area contributed by atoms with Crippen molar-refractivity contribution in [3.63, 3.8) is 0 Å². The van der Waals surface area contributed by atoms with Crippen molar-refractivity contribution in [3.8, 4) is 5.69 Å². The van der Waals surface area contributed by atoms with Crippen LogP contribution in [0.5, 0.6) is 0 Å². The molecule has 1 amide bonds. The van der Waals surface area contributed by atoms with Gasteiger partial charge in [0.2, 0.25) is 11.1 Å². The van der Waals surface area contributed by atoms with Crippen LogP contribution in [0.3, 0.4) is 0 Å². The molecule has 1 heterocycles. The number of benzene rings is 1. The molecule has 1 saturated carbocycles. The molecule has 0 bridgehead atoms. The van der Waals surface area contributed by atoms with Gasteiger partial charge >= 0.3 is 0 Å². The lowest BCUT2D eigenvalue weighted by Crippen LogP contribution is -2.37. The highest BCUT2D eigenvalue weighted by molar-refractivity contribution is 8.00. The molecule has 1 N–H and O–H groups in total. The molecular weight excluding hydrogens is 322 g/mol. The average Bonchev–Trinajstić information content (AvgIpc) is 3.21. The molecule has 1 aromatic carbocycles. The Morgan fingerprint density at radius 1 is 1.33 bits per heavy atom. The maximum Gasteiger partial charge on any atom is 0.233 e. The molecule has 128 valence electrons. The van der Waals surface area contributed by atoms with Gasteiger partial charge in [-0.25, -0.2) is 0 Å². The maximum atomic E-state index is 12.4. The van der Waals surface area contributed by atoms with Crippen molar-refractivity contribution in [3.05, 3.63) is 29.3 Å². The van der Waals surface area contributed by atoms with Crippen molar-refractivity contribution in [2.24, 2.45) is 0 Å². The Hall–Kier alpha value is -1.89. The summed E-state index contributed by atoms with van der Waals surface area (Å²) in [4.78, 5) is 12.4. The van der Waals surface area contributed by atoms with Gasteiger partial charge in [-0.05, 0) is 61.2 Å². The number of nitrogens with zero attached hydrogens (tertiary/aromatic N) is 4. The van der Waals surface area contributed by atoms with E-state index in [1.165, 1.54) is 24.6 Å². The normalized spacial score (nSPS) is 16.3. The first-order valence-corrected chi connectivity index (χ1v) is 9.25. The molecule has 0 spiro atoms. The largest absolute Gasteiger partial charge is 0.352 e. The molecule has 6 nitrogen and oxygen atoms in total. The molecule has 1 atom stereocenters. The van der Waals surface area contributed by atoms with Crippen LogP contribution in [0, 0.1) is 13.8 Å². The van der Waals surface area contributed by atoms with Gasteiger partial charge in [-0.15, -0.1) is 5.10 Å². The molecule has 1 aromatic heterocycles. The third kappa shape index (κ3) is 3.77. The van der Waals surface area contributed by atoms with Gasteiger partial charge in [-0.3, -0.25) is 4.79 Å². The van der Waals surface area contributed by atoms with Gasteiger partial charge in [0.15, 0.2) is 0 Å². The minimum absolute atomic E-state index is 0.0578. The monoisotopic (exact) mass is 345 g/mol. The predicted octanol–water partition coefficient (Wildman–Crippen LogP) is 2.82. The zero-order chi connectivity index (χ0) is 17.1. The van der Waals surface area contributed by atoms with Crippen molar-refractivity contribution >= 4 is 17.7 Å². The third-order valence-electron chi connectivity index (χ3n) is 4.39. The maximum absolute atomic E-state index is 12.4. The molecule has 0 aliphatic heterocycles. The van der Waals surface area contributed by atoms with E-state index in [4.69, 9.17) is 0 Å². The lowest BCUT2D eigenvalue weighted by molar-refractivity contribution is -0.120. The van der Waals surface area contributed by atoms with Crippen LogP contribution in [0.25, 0.3) is 5.69 Å². The first-order valence-electron chi connectivity index (χ1n) is 8.37. The van der Waals surface area contributed by atoms with E-state index in [0.717, 1.165) is 29.7 Å². The van der Waals surface area contributed by atoms with E-state index in [1.54, 1.807) is 4.68 Å². The number of nitrogens with one attached hydrogen (secondary N) is 1. The zero-order valence-corrected chi connectivity index (χ0v) is 15.1. The van der Waals surface area contributed by atoms with Crippen LogP contribution in [0.2, 0.25) is 0 Å². The number of carbonyl (C=O) groups excluding carboxylic acids is 1. The standard InChI is InChI=1S/C17H23N5OS/c1-11-8-9-12(2)15(10-11)22-17(19-20-21-22)24-13(3)16(23)18-14-6-4-5-7-14/h8-10,13-14H,4-7H2,1-3H3,(H,18,23). The molecular formula is C17H23N5OS. The number of thioether (sulfide) groups is 1. The van der Waals surface area contributed by atoms with Gasteiger partial charge in [0.05, 0.1) is 10.9 Å². The lowest BCUT2D eigenvalue weighted by Gasteiger charge is -2.16. The number of amides is 1. The Morgan fingerprint density at radius 2 is 2.08 bits per heavy atom. The zero-order valence-electron chi connectivity index (χ0n) is 14.3. The van der Waals surface area contributed by atoms with Crippen LogP contribution in [0.15, 0.2) is 23.4 Å². The van der Waals surface area contributed by atoms with Crippen LogP contribution in [0.4, 0.5) is 0 Å². The topological polar surface area (TPSA) is 72.7 Å². The van der Waals surface area contributed by atoms with Gasteiger partial charge in [0.25, 0.3) is 0 Å². The van der Waals surface area contributed by atoms with Crippen molar-refractivity contribution in [1.29, 1.82) is 0 Å². The van der Waals surface area contributed by atoms with Crippen molar-refractivity contribution in [2.45, 2.75) is 62.9 Å². The molecule has 3 rings (SSSR count). The highest BCUT2D eigenvalue weighted by atomic mass is 32.2. The van der Waals surface area contributed by atoms with E-state index in [9.17, 15) is 4.79 Å². The molecule has 7 heteroatoms. The number of carbonyl (C=O) groups is 1. The van der Waals surface area contributed by atoms with E-state index in [1.807, 2.05) is 20.8 Å². The first-order chi connectivity index (χ1) is 11.5. The number of hydrogen-bond donors (Lipinski definition) is 1. The Bertz CT molecular complexity index is 724. The highest BCUT2D eigenvalue weighted by Crippen LogP contribution is 2.25. The second-order valence-electron chi connectivity index (χ2n) is 6.41. The van der Waals surface area contributed by atoms with E-state index < -0.39 is 0 Å². The van der Waals surface area contributed by atoms with Gasteiger partial charge in [-0.1, -0.05) is 36.7 Å². The fourth-order valence-electron chi connectivity index (χ4n) is 2.95. The van der Waals surface area contributed by atoms with Crippen LogP contribution in [-0.2, 0) is 4.79 Å². The smallest absolute Gasteiger partial charge is 0.233 e. The van der Waals surface area contributed by atoms with Gasteiger partial charge in [-0.2, -0.15) is 4.68 Å². The molecule has 0 saturated heterocycles. The third-order valence-corrected chi connectivity index (χ3v) is 5.42. The number of tetrazole rings is 1. The van der Waals surface area contributed by atoms with E-state index in [2.05, 4.69) is 39.0 Å². The van der Waals surface area contributed by atoms with Crippen LogP contribution in [0.1, 0.15) is 43.7 Å². The second-order valence-corrected chi connectivity index (χ2v) is 7.72. The summed E-state index contributed by atoms with van der Waals surface area (Å²) < 4.78 is 1.71. The number of rotatable bonds is 5. The Morgan fingerprint density at radius 3 is 2.83 bits per heavy atom. The molecule has 1 fully saturated rings. The number of hydrogen-bond acceptors (Lipinski definition) is 5. The van der Waals surface area contributed by atoms with Crippen LogP contribution < -0.4 is 5.32 Å². The van der Waals surface area contributed by atoms with Gasteiger partial charge < -0.3 is 5.32 Å². The molecule has 0 radical (unpaired) electrons. The fraction of sp³-hybridized carbons (Fsp3) is 0.529. The second kappa shape index (κ2) is 7.34. The summed E-state index contributed by atoms with van der Waals surface area (Å²) in [5.41, 5.74) is 3.19. The fourth-order valence-corrected chi connectivity index (χ4v) is 3.76. The number of aromatic nitrogens is 4. The molecule has 1 aliphatic carbocycles. The van der Waals surface area contributed by atoms with Gasteiger partial charge in [0.1, 0.15) is 0 Å². The minimum atomic E-state index is -0.236. The Balaban J connectivity index is 1.73. The van der Waals surface area contributed by atoms with E-state index in [-0.39, 0.29) is 11.2 Å². The Kier molecular flexibility index (Phi) is 5.18. The summed E-state index contributed by atoms with van der Waals surface area (Å²) >= 11 is 1.39. The van der Waals surface area contributed by atoms with Crippen molar-refractivity contribution in [2.75, 3.05) is 0 Å². The molecule has 1 aliphatic rings. The summed E-state index contributed by atoms with van der Waals surface area (Å²) in [6.07, 6.45) is 4.58. The first kappa shape index (κ1) is 17.0. The summed E-state index contributed by atoms with van der Waals surface area (Å²) in [6.45, 7) is 5.97. The predicted molar refractivity (Wildman–Crippen MR) is 94.3 cm³/mol. The van der Waals surface area contributed by atoms with Crippen LogP contribution >= 0.6 is 11.8 Å².